The Balaban J connectivity index is 1.46. The number of rotatable bonds is 11. The summed E-state index contributed by atoms with van der Waals surface area (Å²) in [6.07, 6.45) is 32.2. The molecule has 0 N–H and O–H groups in total. The second-order valence-electron chi connectivity index (χ2n) is 9.95. The summed E-state index contributed by atoms with van der Waals surface area (Å²) in [7, 11) is 0.00685. The molecular weight excluding hydrogens is 422 g/mol. The highest BCUT2D eigenvalue weighted by atomic mass is 31.1. The summed E-state index contributed by atoms with van der Waals surface area (Å²) >= 11 is 0. The Morgan fingerprint density at radius 2 is 1.03 bits per heavy atom. The normalized spacial score (nSPS) is 22.0. The van der Waals surface area contributed by atoms with Gasteiger partial charge >= 0.3 is 0 Å². The fourth-order valence-corrected chi connectivity index (χ4v) is 11.6. The molecule has 0 saturated carbocycles. The molecule has 0 saturated heterocycles. The van der Waals surface area contributed by atoms with Crippen LogP contribution in [-0.2, 0) is 0 Å². The van der Waals surface area contributed by atoms with Gasteiger partial charge in [0.1, 0.15) is 0 Å². The summed E-state index contributed by atoms with van der Waals surface area (Å²) in [5.74, 6) is 0. The Kier molecular flexibility index (Phi) is 8.43. The highest BCUT2D eigenvalue weighted by molar-refractivity contribution is 7.62. The molecule has 0 nitrogen and oxygen atoms in total. The van der Waals surface area contributed by atoms with Gasteiger partial charge in [0.15, 0.2) is 0 Å². The van der Waals surface area contributed by atoms with Crippen molar-refractivity contribution in [1.29, 1.82) is 0 Å². The first kappa shape index (κ1) is 23.9. The smallest absolute Gasteiger partial charge is 0.00705 e. The summed E-state index contributed by atoms with van der Waals surface area (Å²) in [6.45, 7) is 9.34. The Morgan fingerprint density at radius 1 is 0.594 bits per heavy atom. The largest absolute Gasteiger partial charge is 0.0974 e. The Labute approximate surface area is 199 Å². The highest BCUT2D eigenvalue weighted by Gasteiger charge is 2.21. The summed E-state index contributed by atoms with van der Waals surface area (Å²) in [5.41, 5.74) is 12.9. The SMILES string of the molecule is CC1=CCC=C1CP(CCP(CC1=CCC=C1C)CC1=C(C)CC=C1)CC1=C(C)CC=C1. The van der Waals surface area contributed by atoms with E-state index in [9.17, 15) is 0 Å². The molecule has 2 unspecified atom stereocenters. The van der Waals surface area contributed by atoms with E-state index in [1.54, 1.807) is 44.6 Å². The predicted molar refractivity (Wildman–Crippen MR) is 149 cm³/mol. The summed E-state index contributed by atoms with van der Waals surface area (Å²) in [6, 6.07) is 0. The van der Waals surface area contributed by atoms with Crippen molar-refractivity contribution >= 4 is 15.8 Å². The molecule has 0 fully saturated rings. The second kappa shape index (κ2) is 11.3. The van der Waals surface area contributed by atoms with Gasteiger partial charge in [-0.05, 0) is 113 Å². The van der Waals surface area contributed by atoms with Crippen LogP contribution in [0.5, 0.6) is 0 Å². The van der Waals surface area contributed by atoms with Gasteiger partial charge < -0.3 is 0 Å². The van der Waals surface area contributed by atoms with Gasteiger partial charge in [0, 0.05) is 0 Å². The van der Waals surface area contributed by atoms with Crippen LogP contribution >= 0.6 is 15.8 Å². The average Bonchev–Trinajstić information content (AvgIpc) is 3.55. The molecule has 2 atom stereocenters. The van der Waals surface area contributed by atoms with Gasteiger partial charge in [0.2, 0.25) is 0 Å². The molecule has 4 aliphatic rings. The monoisotopic (exact) mass is 462 g/mol. The summed E-state index contributed by atoms with van der Waals surface area (Å²) in [4.78, 5) is 0. The van der Waals surface area contributed by atoms with Crippen molar-refractivity contribution in [2.24, 2.45) is 0 Å². The van der Waals surface area contributed by atoms with E-state index in [4.69, 9.17) is 0 Å². The van der Waals surface area contributed by atoms with Crippen molar-refractivity contribution < 1.29 is 0 Å². The van der Waals surface area contributed by atoms with E-state index in [1.165, 1.54) is 49.8 Å². The zero-order valence-electron chi connectivity index (χ0n) is 20.6. The van der Waals surface area contributed by atoms with Gasteiger partial charge in [-0.2, -0.15) is 0 Å². The molecule has 0 amide bonds. The van der Waals surface area contributed by atoms with Gasteiger partial charge in [0.05, 0.1) is 0 Å². The quantitative estimate of drug-likeness (QED) is 0.269. The van der Waals surface area contributed by atoms with Crippen molar-refractivity contribution in [2.75, 3.05) is 37.0 Å². The Bertz CT molecular complexity index is 894. The third-order valence-electron chi connectivity index (χ3n) is 7.48. The maximum atomic E-state index is 2.49. The first-order chi connectivity index (χ1) is 15.5. The van der Waals surface area contributed by atoms with Crippen molar-refractivity contribution in [2.45, 2.75) is 53.4 Å². The van der Waals surface area contributed by atoms with Gasteiger partial charge in [-0.1, -0.05) is 86.7 Å². The third-order valence-corrected chi connectivity index (χ3v) is 12.7. The lowest BCUT2D eigenvalue weighted by Crippen LogP contribution is -2.07. The molecule has 4 rings (SSSR count). The van der Waals surface area contributed by atoms with E-state index in [0.717, 1.165) is 12.8 Å². The molecule has 0 aromatic carbocycles. The Hall–Kier alpha value is -1.22. The fraction of sp³-hybridized carbons (Fsp3) is 0.467. The minimum Gasteiger partial charge on any atom is -0.0974 e. The lowest BCUT2D eigenvalue weighted by Gasteiger charge is -2.25. The zero-order valence-corrected chi connectivity index (χ0v) is 22.4. The van der Waals surface area contributed by atoms with E-state index >= 15 is 0 Å². The molecule has 0 spiro atoms. The first-order valence-electron chi connectivity index (χ1n) is 12.4. The van der Waals surface area contributed by atoms with E-state index in [2.05, 4.69) is 76.3 Å². The lowest BCUT2D eigenvalue weighted by molar-refractivity contribution is 1.21. The van der Waals surface area contributed by atoms with Crippen LogP contribution in [0.4, 0.5) is 0 Å². The van der Waals surface area contributed by atoms with Gasteiger partial charge in [-0.25, -0.2) is 0 Å². The molecule has 0 heterocycles. The van der Waals surface area contributed by atoms with Crippen LogP contribution in [0, 0.1) is 0 Å². The minimum absolute atomic E-state index is 0.00342. The molecule has 4 aliphatic carbocycles. The highest BCUT2D eigenvalue weighted by Crippen LogP contribution is 2.50. The maximum absolute atomic E-state index is 2.49. The zero-order chi connectivity index (χ0) is 22.5. The van der Waals surface area contributed by atoms with Crippen LogP contribution in [0.1, 0.15) is 53.4 Å². The van der Waals surface area contributed by atoms with Crippen LogP contribution in [0.15, 0.2) is 93.2 Å². The van der Waals surface area contributed by atoms with E-state index in [0.29, 0.717) is 0 Å². The Morgan fingerprint density at radius 3 is 1.34 bits per heavy atom. The molecule has 2 heteroatoms. The predicted octanol–water partition coefficient (Wildman–Crippen LogP) is 9.06. The molecular formula is C30H40P2. The van der Waals surface area contributed by atoms with E-state index in [1.807, 2.05) is 0 Å². The molecule has 0 aromatic heterocycles. The molecule has 0 aliphatic heterocycles. The van der Waals surface area contributed by atoms with Gasteiger partial charge in [-0.3, -0.25) is 0 Å². The van der Waals surface area contributed by atoms with Crippen molar-refractivity contribution in [1.82, 2.24) is 0 Å². The van der Waals surface area contributed by atoms with Crippen molar-refractivity contribution in [3.05, 3.63) is 93.2 Å². The fourth-order valence-electron chi connectivity index (χ4n) is 5.07. The molecule has 0 bridgehead atoms. The maximum Gasteiger partial charge on any atom is -0.00705 e. The molecule has 32 heavy (non-hydrogen) atoms. The molecule has 0 radical (unpaired) electrons. The van der Waals surface area contributed by atoms with Crippen LogP contribution in [0.2, 0.25) is 0 Å². The minimum atomic E-state index is 0.00342. The number of hydrogen-bond donors (Lipinski definition) is 0. The van der Waals surface area contributed by atoms with E-state index < -0.39 is 0 Å². The van der Waals surface area contributed by atoms with Crippen LogP contribution < -0.4 is 0 Å². The number of hydrogen-bond acceptors (Lipinski definition) is 0. The second-order valence-corrected chi connectivity index (χ2v) is 14.8. The van der Waals surface area contributed by atoms with Gasteiger partial charge in [0.25, 0.3) is 0 Å². The topological polar surface area (TPSA) is 0 Å². The van der Waals surface area contributed by atoms with Crippen LogP contribution in [-0.4, -0.2) is 37.0 Å². The standard InChI is InChI=1S/C30H40P2/c1-23-9-5-13-27(23)19-31(20-28-14-6-10-24(28)2)17-18-32(21-29-15-7-11-25(29)3)22-30-16-8-12-26(30)4/h5,7,10,12-16H,6,8-9,11,17-22H2,1-4H3. The van der Waals surface area contributed by atoms with Crippen molar-refractivity contribution in [3.63, 3.8) is 0 Å². The first-order valence-corrected chi connectivity index (χ1v) is 16.2. The average molecular weight is 463 g/mol. The van der Waals surface area contributed by atoms with Crippen molar-refractivity contribution in [3.8, 4) is 0 Å². The third kappa shape index (κ3) is 6.22. The van der Waals surface area contributed by atoms with Crippen LogP contribution in [0.3, 0.4) is 0 Å². The summed E-state index contributed by atoms with van der Waals surface area (Å²) in [5, 5.41) is 0. The lowest BCUT2D eigenvalue weighted by atomic mass is 10.2. The van der Waals surface area contributed by atoms with E-state index in [-0.39, 0.29) is 15.8 Å². The summed E-state index contributed by atoms with van der Waals surface area (Å²) < 4.78 is 0. The molecule has 0 aromatic rings. The van der Waals surface area contributed by atoms with Crippen LogP contribution in [0.25, 0.3) is 0 Å². The van der Waals surface area contributed by atoms with Gasteiger partial charge in [-0.15, -0.1) is 0 Å². The number of allylic oxidation sites excluding steroid dienone is 16. The molecule has 170 valence electrons.